The van der Waals surface area contributed by atoms with Gasteiger partial charge in [-0.15, -0.1) is 5.10 Å². The molecule has 2 aliphatic rings. The van der Waals surface area contributed by atoms with Crippen LogP contribution < -0.4 is 10.4 Å². The van der Waals surface area contributed by atoms with E-state index in [1.807, 2.05) is 0 Å². The summed E-state index contributed by atoms with van der Waals surface area (Å²) in [7, 11) is 0. The average molecular weight is 538 g/mol. The number of amides is 1. The smallest absolute Gasteiger partial charge is 0.414 e. The molecule has 1 aromatic carbocycles. The number of benzene rings is 1. The van der Waals surface area contributed by atoms with Gasteiger partial charge in [0, 0.05) is 23.5 Å². The van der Waals surface area contributed by atoms with Crippen molar-refractivity contribution in [3.05, 3.63) is 66.5 Å². The van der Waals surface area contributed by atoms with Gasteiger partial charge in [-0.2, -0.15) is 0 Å². The summed E-state index contributed by atoms with van der Waals surface area (Å²) in [6.07, 6.45) is 4.27. The molecule has 0 spiro atoms. The number of nitrogens with zero attached hydrogens (tertiary/aromatic N) is 5. The molecule has 2 aliphatic heterocycles. The molecule has 0 bridgehead atoms. The van der Waals surface area contributed by atoms with Crippen molar-refractivity contribution in [1.29, 1.82) is 0 Å². The fourth-order valence-corrected chi connectivity index (χ4v) is 4.05. The fraction of sp³-hybridized carbons (Fsp3) is 0.280. The number of nitrogens with one attached hydrogen (secondary N) is 1. The molecule has 14 heteroatoms. The summed E-state index contributed by atoms with van der Waals surface area (Å²) in [5, 5.41) is 16.2. The second kappa shape index (κ2) is 11.3. The third-order valence-electron chi connectivity index (χ3n) is 5.98. The largest absolute Gasteiger partial charge is 0.481 e. The number of aromatic nitrogens is 4. The number of hydroxylamine groups is 1. The predicted octanol–water partition coefficient (Wildman–Crippen LogP) is 2.16. The molecule has 2 aromatic heterocycles. The SMILES string of the molecule is O=C(O)CCC(=O)OCC1C=C(c2ccc(-c3ccc(N4C[C@H](Cn5ccnn5)OC4=O)cc3F)cn2)NO1. The Morgan fingerprint density at radius 1 is 1.23 bits per heavy atom. The van der Waals surface area contributed by atoms with Crippen molar-refractivity contribution < 1.29 is 38.2 Å². The minimum atomic E-state index is -1.08. The van der Waals surface area contributed by atoms with E-state index < -0.39 is 36.1 Å². The van der Waals surface area contributed by atoms with Crippen molar-refractivity contribution in [1.82, 2.24) is 25.5 Å². The molecule has 2 atom stereocenters. The monoisotopic (exact) mass is 538 g/mol. The second-order valence-electron chi connectivity index (χ2n) is 8.75. The molecule has 13 nitrogen and oxygen atoms in total. The van der Waals surface area contributed by atoms with Crippen LogP contribution in [0.4, 0.5) is 14.9 Å². The zero-order valence-electron chi connectivity index (χ0n) is 20.4. The van der Waals surface area contributed by atoms with Gasteiger partial charge in [-0.05, 0) is 30.3 Å². The van der Waals surface area contributed by atoms with E-state index in [0.29, 0.717) is 34.8 Å². The Labute approximate surface area is 220 Å². The first kappa shape index (κ1) is 25.8. The highest BCUT2D eigenvalue weighted by molar-refractivity contribution is 5.90. The lowest BCUT2D eigenvalue weighted by Crippen LogP contribution is -2.26. The third kappa shape index (κ3) is 6.18. The van der Waals surface area contributed by atoms with Crippen LogP contribution in [0.1, 0.15) is 18.5 Å². The van der Waals surface area contributed by atoms with Gasteiger partial charge >= 0.3 is 18.0 Å². The summed E-state index contributed by atoms with van der Waals surface area (Å²) in [6.45, 7) is 0.507. The number of anilines is 1. The lowest BCUT2D eigenvalue weighted by atomic mass is 10.1. The van der Waals surface area contributed by atoms with Gasteiger partial charge < -0.3 is 14.6 Å². The van der Waals surface area contributed by atoms with Gasteiger partial charge in [0.2, 0.25) is 0 Å². The van der Waals surface area contributed by atoms with Crippen molar-refractivity contribution in [2.24, 2.45) is 0 Å². The Morgan fingerprint density at radius 3 is 2.82 bits per heavy atom. The van der Waals surface area contributed by atoms with E-state index in [-0.39, 0.29) is 26.0 Å². The number of hydrogen-bond acceptors (Lipinski definition) is 10. The van der Waals surface area contributed by atoms with E-state index in [0.717, 1.165) is 0 Å². The number of rotatable bonds is 10. The van der Waals surface area contributed by atoms with Crippen molar-refractivity contribution in [3.8, 4) is 11.1 Å². The van der Waals surface area contributed by atoms with Crippen LogP contribution in [-0.4, -0.2) is 68.5 Å². The molecule has 0 aliphatic carbocycles. The lowest BCUT2D eigenvalue weighted by molar-refractivity contribution is -0.150. The van der Waals surface area contributed by atoms with E-state index >= 15 is 4.39 Å². The number of halogens is 1. The van der Waals surface area contributed by atoms with Gasteiger partial charge in [0.1, 0.15) is 24.6 Å². The number of carboxylic acids is 1. The highest BCUT2D eigenvalue weighted by Gasteiger charge is 2.33. The lowest BCUT2D eigenvalue weighted by Gasteiger charge is -2.14. The maximum absolute atomic E-state index is 15.1. The fourth-order valence-electron chi connectivity index (χ4n) is 4.05. The minimum absolute atomic E-state index is 0.0870. The zero-order valence-corrected chi connectivity index (χ0v) is 20.4. The van der Waals surface area contributed by atoms with E-state index in [1.165, 1.54) is 23.4 Å². The maximum Gasteiger partial charge on any atom is 0.414 e. The summed E-state index contributed by atoms with van der Waals surface area (Å²) in [5.41, 5.74) is 4.98. The van der Waals surface area contributed by atoms with Crippen LogP contribution >= 0.6 is 0 Å². The Morgan fingerprint density at radius 2 is 2.10 bits per heavy atom. The molecule has 0 radical (unpaired) electrons. The van der Waals surface area contributed by atoms with Gasteiger partial charge in [0.15, 0.2) is 0 Å². The highest BCUT2D eigenvalue weighted by atomic mass is 19.1. The number of esters is 1. The number of aliphatic carboxylic acids is 1. The van der Waals surface area contributed by atoms with Crippen LogP contribution in [0.5, 0.6) is 0 Å². The first-order chi connectivity index (χ1) is 18.9. The highest BCUT2D eigenvalue weighted by Crippen LogP contribution is 2.30. The Hall–Kier alpha value is -4.85. The van der Waals surface area contributed by atoms with E-state index in [9.17, 15) is 14.4 Å². The summed E-state index contributed by atoms with van der Waals surface area (Å²) in [6, 6.07) is 7.87. The van der Waals surface area contributed by atoms with Crippen molar-refractivity contribution >= 4 is 29.4 Å². The van der Waals surface area contributed by atoms with E-state index in [1.54, 1.807) is 41.2 Å². The van der Waals surface area contributed by atoms with Crippen LogP contribution in [0.25, 0.3) is 16.8 Å². The summed E-state index contributed by atoms with van der Waals surface area (Å²) < 4.78 is 27.0. The first-order valence-electron chi connectivity index (χ1n) is 11.9. The number of hydrogen-bond donors (Lipinski definition) is 2. The predicted molar refractivity (Wildman–Crippen MR) is 131 cm³/mol. The van der Waals surface area contributed by atoms with Crippen LogP contribution in [0, 0.1) is 5.82 Å². The van der Waals surface area contributed by atoms with Gasteiger partial charge in [-0.1, -0.05) is 11.3 Å². The number of carbonyl (C=O) groups excluding carboxylic acids is 2. The molecule has 39 heavy (non-hydrogen) atoms. The average Bonchev–Trinajstić information content (AvgIpc) is 3.68. The summed E-state index contributed by atoms with van der Waals surface area (Å²) >= 11 is 0. The van der Waals surface area contributed by atoms with Gasteiger partial charge in [-0.25, -0.2) is 13.9 Å². The molecule has 1 saturated heterocycles. The summed E-state index contributed by atoms with van der Waals surface area (Å²) in [4.78, 5) is 45.6. The number of cyclic esters (lactones) is 1. The topological polar surface area (TPSA) is 158 Å². The first-order valence-corrected chi connectivity index (χ1v) is 11.9. The molecule has 202 valence electrons. The zero-order chi connectivity index (χ0) is 27.4. The second-order valence-corrected chi connectivity index (χ2v) is 8.75. The Bertz CT molecular complexity index is 1400. The third-order valence-corrected chi connectivity index (χ3v) is 5.98. The molecule has 2 N–H and O–H groups in total. The van der Waals surface area contributed by atoms with Crippen LogP contribution in [-0.2, 0) is 30.4 Å². The molecule has 1 unspecified atom stereocenters. The number of pyridine rings is 1. The molecule has 0 saturated carbocycles. The molecule has 1 amide bonds. The number of carboxylic acid groups (broad SMARTS) is 1. The molecule has 5 rings (SSSR count). The van der Waals surface area contributed by atoms with Crippen LogP contribution in [0.3, 0.4) is 0 Å². The van der Waals surface area contributed by atoms with Gasteiger partial charge in [-0.3, -0.25) is 29.8 Å². The molecule has 1 fully saturated rings. The van der Waals surface area contributed by atoms with Crippen molar-refractivity contribution in [2.45, 2.75) is 31.6 Å². The van der Waals surface area contributed by atoms with Crippen LogP contribution in [0.15, 0.2) is 55.0 Å². The molecular formula is C25H23FN6O7. The minimum Gasteiger partial charge on any atom is -0.481 e. The van der Waals surface area contributed by atoms with Gasteiger partial charge in [0.05, 0.1) is 49.2 Å². The standard InChI is InChI=1S/C25H23FN6O7/c26-20-9-16(32-13-18(38-25(32)36)12-31-8-7-28-30-31)2-3-19(20)15-1-4-21(27-11-15)22-10-17(39-29-22)14-37-24(35)6-5-23(33)34/h1-4,7-11,17-18,29H,5-6,12-14H2,(H,33,34)/t17?,18-/m0/s1. The quantitative estimate of drug-likeness (QED) is 0.364. The van der Waals surface area contributed by atoms with Crippen LogP contribution in [0.2, 0.25) is 0 Å². The summed E-state index contributed by atoms with van der Waals surface area (Å²) in [5.74, 6) is -2.24. The number of ether oxygens (including phenoxy) is 2. The van der Waals surface area contributed by atoms with E-state index in [4.69, 9.17) is 19.4 Å². The Kier molecular flexibility index (Phi) is 7.45. The molecule has 4 heterocycles. The van der Waals surface area contributed by atoms with Crippen molar-refractivity contribution in [3.63, 3.8) is 0 Å². The molecule has 3 aromatic rings. The maximum atomic E-state index is 15.1. The van der Waals surface area contributed by atoms with Gasteiger partial charge in [0.25, 0.3) is 0 Å². The van der Waals surface area contributed by atoms with Crippen molar-refractivity contribution in [2.75, 3.05) is 18.1 Å². The molecular weight excluding hydrogens is 515 g/mol. The van der Waals surface area contributed by atoms with E-state index in [2.05, 4.69) is 20.8 Å². The normalized spacial score (nSPS) is 18.4. The number of carbonyl (C=O) groups is 3. The Balaban J connectivity index is 1.19.